The number of hydrogen-bond acceptors (Lipinski definition) is 3. The molecule has 2 atom stereocenters. The summed E-state index contributed by atoms with van der Waals surface area (Å²) in [4.78, 5) is 0. The fraction of sp³-hybridized carbons (Fsp3) is 0.400. The molecule has 0 aliphatic carbocycles. The Labute approximate surface area is 152 Å². The van der Waals surface area contributed by atoms with Gasteiger partial charge in [0.25, 0.3) is 0 Å². The number of aliphatic hydroxyl groups is 1. The predicted molar refractivity (Wildman–Crippen MR) is 101 cm³/mol. The lowest BCUT2D eigenvalue weighted by molar-refractivity contribution is 0.00139. The monoisotopic (exact) mass is 392 g/mol. The van der Waals surface area contributed by atoms with Crippen molar-refractivity contribution in [3.63, 3.8) is 0 Å². The molecule has 0 aliphatic heterocycles. The van der Waals surface area contributed by atoms with Gasteiger partial charge in [-0.1, -0.05) is 41.9 Å². The maximum atomic E-state index is 11.5. The van der Waals surface area contributed by atoms with Crippen LogP contribution in [0, 0.1) is 0 Å². The van der Waals surface area contributed by atoms with Gasteiger partial charge in [-0.15, -0.1) is 0 Å². The van der Waals surface area contributed by atoms with Crippen molar-refractivity contribution in [1.29, 1.82) is 0 Å². The number of benzene rings is 2. The van der Waals surface area contributed by atoms with Gasteiger partial charge in [0.2, 0.25) is 0 Å². The topological polar surface area (TPSA) is 38.7 Å². The van der Waals surface area contributed by atoms with Crippen molar-refractivity contribution in [3.05, 3.63) is 58.1 Å². The van der Waals surface area contributed by atoms with Gasteiger partial charge in [-0.2, -0.15) is 0 Å². The highest BCUT2D eigenvalue weighted by Gasteiger charge is 2.37. The SMILES string of the molecule is CCC(c1cc(Br)cc(OC)c1)C(O)(CC)c1ccc(OC)cc1. The second kappa shape index (κ2) is 8.04. The summed E-state index contributed by atoms with van der Waals surface area (Å²) < 4.78 is 11.6. The van der Waals surface area contributed by atoms with Crippen LogP contribution in [0.4, 0.5) is 0 Å². The van der Waals surface area contributed by atoms with E-state index in [0.717, 1.165) is 33.5 Å². The third kappa shape index (κ3) is 3.76. The smallest absolute Gasteiger partial charge is 0.120 e. The van der Waals surface area contributed by atoms with Crippen LogP contribution in [0.1, 0.15) is 43.7 Å². The Morgan fingerprint density at radius 3 is 2.12 bits per heavy atom. The summed E-state index contributed by atoms with van der Waals surface area (Å²) in [6.07, 6.45) is 1.43. The Hall–Kier alpha value is -1.52. The second-order valence-corrected chi connectivity index (χ2v) is 6.81. The lowest BCUT2D eigenvalue weighted by Crippen LogP contribution is -2.32. The van der Waals surface area contributed by atoms with E-state index in [2.05, 4.69) is 28.9 Å². The molecule has 0 bridgehead atoms. The van der Waals surface area contributed by atoms with Crippen LogP contribution in [0.3, 0.4) is 0 Å². The van der Waals surface area contributed by atoms with Gasteiger partial charge in [-0.25, -0.2) is 0 Å². The second-order valence-electron chi connectivity index (χ2n) is 5.89. The molecule has 0 aliphatic rings. The zero-order valence-electron chi connectivity index (χ0n) is 14.7. The van der Waals surface area contributed by atoms with Crippen molar-refractivity contribution in [1.82, 2.24) is 0 Å². The molecule has 1 N–H and O–H groups in total. The third-order valence-electron chi connectivity index (χ3n) is 4.65. The van der Waals surface area contributed by atoms with Crippen LogP contribution >= 0.6 is 15.9 Å². The average Bonchev–Trinajstić information content (AvgIpc) is 2.61. The van der Waals surface area contributed by atoms with Gasteiger partial charge in [-0.3, -0.25) is 0 Å². The molecule has 24 heavy (non-hydrogen) atoms. The van der Waals surface area contributed by atoms with Gasteiger partial charge in [0.15, 0.2) is 0 Å². The highest BCUT2D eigenvalue weighted by molar-refractivity contribution is 9.10. The number of halogens is 1. The Morgan fingerprint density at radius 1 is 1.00 bits per heavy atom. The first-order valence-corrected chi connectivity index (χ1v) is 8.99. The maximum absolute atomic E-state index is 11.5. The van der Waals surface area contributed by atoms with Gasteiger partial charge in [0.1, 0.15) is 11.5 Å². The normalized spacial score (nSPS) is 14.8. The Balaban J connectivity index is 2.49. The fourth-order valence-corrected chi connectivity index (χ4v) is 3.77. The maximum Gasteiger partial charge on any atom is 0.120 e. The molecule has 0 saturated carbocycles. The highest BCUT2D eigenvalue weighted by atomic mass is 79.9. The van der Waals surface area contributed by atoms with Crippen LogP contribution in [0.15, 0.2) is 46.9 Å². The molecule has 130 valence electrons. The Morgan fingerprint density at radius 2 is 1.62 bits per heavy atom. The molecule has 4 heteroatoms. The molecule has 0 radical (unpaired) electrons. The van der Waals surface area contributed by atoms with E-state index in [9.17, 15) is 5.11 Å². The van der Waals surface area contributed by atoms with Gasteiger partial charge >= 0.3 is 0 Å². The minimum Gasteiger partial charge on any atom is -0.497 e. The first-order chi connectivity index (χ1) is 11.5. The zero-order valence-corrected chi connectivity index (χ0v) is 16.3. The molecular weight excluding hydrogens is 368 g/mol. The van der Waals surface area contributed by atoms with Crippen LogP contribution < -0.4 is 9.47 Å². The van der Waals surface area contributed by atoms with Crippen LogP contribution in [0.25, 0.3) is 0 Å². The minimum atomic E-state index is -0.952. The van der Waals surface area contributed by atoms with Gasteiger partial charge in [0, 0.05) is 10.4 Å². The summed E-state index contributed by atoms with van der Waals surface area (Å²) in [5.41, 5.74) is 1.01. The molecule has 3 nitrogen and oxygen atoms in total. The first-order valence-electron chi connectivity index (χ1n) is 8.19. The van der Waals surface area contributed by atoms with Crippen molar-refractivity contribution in [3.8, 4) is 11.5 Å². The quantitative estimate of drug-likeness (QED) is 0.698. The summed E-state index contributed by atoms with van der Waals surface area (Å²) in [5.74, 6) is 1.53. The summed E-state index contributed by atoms with van der Waals surface area (Å²) >= 11 is 3.54. The predicted octanol–water partition coefficient (Wildman–Crippen LogP) is 5.26. The molecule has 2 aromatic carbocycles. The van der Waals surface area contributed by atoms with Gasteiger partial charge in [0.05, 0.1) is 19.8 Å². The molecule has 0 fully saturated rings. The summed E-state index contributed by atoms with van der Waals surface area (Å²) in [5, 5.41) is 11.5. The number of ether oxygens (including phenoxy) is 2. The zero-order chi connectivity index (χ0) is 17.7. The van der Waals surface area contributed by atoms with E-state index in [1.54, 1.807) is 14.2 Å². The standard InChI is InChI=1S/C20H25BrO3/c1-5-19(14-11-16(21)13-18(12-14)24-4)20(22,6-2)15-7-9-17(23-3)10-8-15/h7-13,19,22H,5-6H2,1-4H3. The van der Waals surface area contributed by atoms with Crippen LogP contribution in [-0.4, -0.2) is 19.3 Å². The van der Waals surface area contributed by atoms with E-state index in [4.69, 9.17) is 9.47 Å². The highest BCUT2D eigenvalue weighted by Crippen LogP contribution is 2.43. The van der Waals surface area contributed by atoms with E-state index >= 15 is 0 Å². The summed E-state index contributed by atoms with van der Waals surface area (Å²) in [6, 6.07) is 13.7. The number of hydrogen-bond donors (Lipinski definition) is 1. The van der Waals surface area contributed by atoms with Crippen LogP contribution in [0.2, 0.25) is 0 Å². The van der Waals surface area contributed by atoms with Crippen molar-refractivity contribution in [2.75, 3.05) is 14.2 Å². The van der Waals surface area contributed by atoms with E-state index < -0.39 is 5.60 Å². The third-order valence-corrected chi connectivity index (χ3v) is 5.10. The number of methoxy groups -OCH3 is 2. The molecule has 2 aromatic rings. The molecule has 2 unspecified atom stereocenters. The Kier molecular flexibility index (Phi) is 6.30. The van der Waals surface area contributed by atoms with Crippen molar-refractivity contribution in [2.24, 2.45) is 0 Å². The van der Waals surface area contributed by atoms with E-state index in [-0.39, 0.29) is 5.92 Å². The van der Waals surface area contributed by atoms with Gasteiger partial charge < -0.3 is 14.6 Å². The lowest BCUT2D eigenvalue weighted by atomic mass is 9.74. The van der Waals surface area contributed by atoms with Gasteiger partial charge in [-0.05, 0) is 54.3 Å². The number of rotatable bonds is 7. The van der Waals surface area contributed by atoms with Crippen LogP contribution in [-0.2, 0) is 5.60 Å². The summed E-state index contributed by atoms with van der Waals surface area (Å²) in [6.45, 7) is 4.12. The average molecular weight is 393 g/mol. The fourth-order valence-electron chi connectivity index (χ4n) is 3.28. The molecule has 0 spiro atoms. The van der Waals surface area contributed by atoms with Crippen molar-refractivity contribution < 1.29 is 14.6 Å². The molecular formula is C20H25BrO3. The van der Waals surface area contributed by atoms with E-state index in [1.807, 2.05) is 43.3 Å². The molecule has 0 aromatic heterocycles. The lowest BCUT2D eigenvalue weighted by Gasteiger charge is -2.36. The molecule has 0 saturated heterocycles. The van der Waals surface area contributed by atoms with Crippen molar-refractivity contribution >= 4 is 15.9 Å². The molecule has 0 amide bonds. The van der Waals surface area contributed by atoms with E-state index in [0.29, 0.717) is 6.42 Å². The minimum absolute atomic E-state index is 0.0395. The van der Waals surface area contributed by atoms with Crippen molar-refractivity contribution in [2.45, 2.75) is 38.2 Å². The molecule has 2 rings (SSSR count). The van der Waals surface area contributed by atoms with E-state index in [1.165, 1.54) is 0 Å². The Bertz CT molecular complexity index is 669. The first kappa shape index (κ1) is 18.8. The van der Waals surface area contributed by atoms with Crippen LogP contribution in [0.5, 0.6) is 11.5 Å². The summed E-state index contributed by atoms with van der Waals surface area (Å²) in [7, 11) is 3.30. The largest absolute Gasteiger partial charge is 0.497 e. The molecule has 0 heterocycles.